The first-order chi connectivity index (χ1) is 13.6. The average molecular weight is 398 g/mol. The van der Waals surface area contributed by atoms with Gasteiger partial charge in [-0.1, -0.05) is 11.3 Å². The van der Waals surface area contributed by atoms with Crippen LogP contribution in [0.1, 0.15) is 21.6 Å². The van der Waals surface area contributed by atoms with Gasteiger partial charge >= 0.3 is 0 Å². The molecule has 0 spiro atoms. The summed E-state index contributed by atoms with van der Waals surface area (Å²) >= 11 is 1.54. The van der Waals surface area contributed by atoms with Gasteiger partial charge in [0, 0.05) is 38.6 Å². The molecule has 2 aromatic heterocycles. The first kappa shape index (κ1) is 18.9. The molecule has 7 nitrogen and oxygen atoms in total. The summed E-state index contributed by atoms with van der Waals surface area (Å²) in [7, 11) is 0. The maximum absolute atomic E-state index is 13.2. The van der Waals surface area contributed by atoms with Crippen LogP contribution in [-0.4, -0.2) is 65.2 Å². The van der Waals surface area contributed by atoms with E-state index in [1.165, 1.54) is 17.3 Å². The number of aryl methyl sites for hydroxylation is 2. The van der Waals surface area contributed by atoms with E-state index in [0.717, 1.165) is 43.1 Å². The van der Waals surface area contributed by atoms with Gasteiger partial charge in [-0.2, -0.15) is 0 Å². The number of aromatic nitrogens is 3. The van der Waals surface area contributed by atoms with Gasteiger partial charge in [0.05, 0.1) is 29.6 Å². The zero-order valence-electron chi connectivity index (χ0n) is 16.1. The van der Waals surface area contributed by atoms with Crippen molar-refractivity contribution in [2.75, 3.05) is 44.3 Å². The van der Waals surface area contributed by atoms with Crippen LogP contribution >= 0.6 is 11.3 Å². The third kappa shape index (κ3) is 4.04. The molecule has 0 N–H and O–H groups in total. The number of anilines is 1. The molecule has 0 saturated carbocycles. The molecule has 0 atom stereocenters. The number of amides is 1. The molecular formula is C20H23N5O2S. The Hall–Kier alpha value is -2.42. The van der Waals surface area contributed by atoms with Crippen molar-refractivity contribution in [3.8, 4) is 0 Å². The van der Waals surface area contributed by atoms with E-state index >= 15 is 0 Å². The van der Waals surface area contributed by atoms with Crippen molar-refractivity contribution in [3.05, 3.63) is 47.5 Å². The summed E-state index contributed by atoms with van der Waals surface area (Å²) in [6.45, 7) is 8.72. The average Bonchev–Trinajstić information content (AvgIpc) is 3.12. The van der Waals surface area contributed by atoms with Gasteiger partial charge in [0.1, 0.15) is 5.69 Å². The molecule has 1 amide bonds. The Labute approximate surface area is 168 Å². The molecule has 4 rings (SSSR count). The van der Waals surface area contributed by atoms with Gasteiger partial charge in [0.25, 0.3) is 5.91 Å². The normalized spacial score (nSPS) is 15.1. The highest BCUT2D eigenvalue weighted by Gasteiger charge is 2.24. The van der Waals surface area contributed by atoms with E-state index in [0.29, 0.717) is 17.4 Å². The number of rotatable bonds is 5. The van der Waals surface area contributed by atoms with Gasteiger partial charge < -0.3 is 4.74 Å². The van der Waals surface area contributed by atoms with E-state index < -0.39 is 0 Å². The zero-order chi connectivity index (χ0) is 19.5. The van der Waals surface area contributed by atoms with Crippen LogP contribution in [0.25, 0.3) is 10.2 Å². The van der Waals surface area contributed by atoms with E-state index in [-0.39, 0.29) is 5.91 Å². The van der Waals surface area contributed by atoms with E-state index in [9.17, 15) is 4.79 Å². The zero-order valence-corrected chi connectivity index (χ0v) is 16.9. The molecule has 0 bridgehead atoms. The molecule has 0 unspecified atom stereocenters. The fourth-order valence-corrected chi connectivity index (χ4v) is 4.25. The Bertz CT molecular complexity index is 930. The molecule has 0 aliphatic carbocycles. The van der Waals surface area contributed by atoms with Gasteiger partial charge in [-0.05, 0) is 37.1 Å². The maximum atomic E-state index is 13.2. The van der Waals surface area contributed by atoms with Crippen molar-refractivity contribution in [2.45, 2.75) is 13.8 Å². The second kappa shape index (κ2) is 8.30. The lowest BCUT2D eigenvalue weighted by Crippen LogP contribution is -2.43. The minimum Gasteiger partial charge on any atom is -0.379 e. The number of hydrogen-bond donors (Lipinski definition) is 0. The fourth-order valence-electron chi connectivity index (χ4n) is 3.18. The van der Waals surface area contributed by atoms with Crippen LogP contribution in [0.2, 0.25) is 0 Å². The van der Waals surface area contributed by atoms with Crippen molar-refractivity contribution in [3.63, 3.8) is 0 Å². The van der Waals surface area contributed by atoms with Gasteiger partial charge in [0.15, 0.2) is 5.13 Å². The molecule has 0 radical (unpaired) electrons. The van der Waals surface area contributed by atoms with Crippen molar-refractivity contribution in [1.82, 2.24) is 19.9 Å². The fraction of sp³-hybridized carbons (Fsp3) is 0.400. The van der Waals surface area contributed by atoms with Crippen molar-refractivity contribution in [1.29, 1.82) is 0 Å². The molecule has 1 aromatic carbocycles. The summed E-state index contributed by atoms with van der Waals surface area (Å²) < 4.78 is 6.50. The molecular weight excluding hydrogens is 374 g/mol. The summed E-state index contributed by atoms with van der Waals surface area (Å²) in [5, 5.41) is 0.698. The molecule has 1 fully saturated rings. The highest BCUT2D eigenvalue weighted by molar-refractivity contribution is 7.22. The van der Waals surface area contributed by atoms with Crippen LogP contribution in [0.5, 0.6) is 0 Å². The number of thiazole rings is 1. The number of fused-ring (bicyclic) bond motifs is 1. The quantitative estimate of drug-likeness (QED) is 0.659. The van der Waals surface area contributed by atoms with Crippen LogP contribution in [-0.2, 0) is 4.74 Å². The summed E-state index contributed by atoms with van der Waals surface area (Å²) in [6.07, 6.45) is 4.61. The Morgan fingerprint density at radius 1 is 1.21 bits per heavy atom. The van der Waals surface area contributed by atoms with Crippen LogP contribution in [0.15, 0.2) is 30.7 Å². The van der Waals surface area contributed by atoms with E-state index in [4.69, 9.17) is 9.72 Å². The molecule has 146 valence electrons. The SMILES string of the molecule is Cc1cc2nc(N(CCN3CCOCC3)C(=O)c3cnccn3)sc2cc1C. The van der Waals surface area contributed by atoms with Gasteiger partial charge in [-0.3, -0.25) is 19.6 Å². The first-order valence-electron chi connectivity index (χ1n) is 9.37. The number of nitrogens with zero attached hydrogens (tertiary/aromatic N) is 5. The number of morpholine rings is 1. The maximum Gasteiger partial charge on any atom is 0.280 e. The first-order valence-corrected chi connectivity index (χ1v) is 10.2. The Morgan fingerprint density at radius 3 is 2.75 bits per heavy atom. The molecule has 3 heterocycles. The molecule has 3 aromatic rings. The van der Waals surface area contributed by atoms with Crippen LogP contribution in [0.4, 0.5) is 5.13 Å². The third-order valence-corrected chi connectivity index (χ3v) is 6.04. The molecule has 1 aliphatic heterocycles. The largest absolute Gasteiger partial charge is 0.379 e. The topological polar surface area (TPSA) is 71.5 Å². The van der Waals surface area contributed by atoms with Gasteiger partial charge in [-0.15, -0.1) is 0 Å². The third-order valence-electron chi connectivity index (χ3n) is 4.99. The number of ether oxygens (including phenoxy) is 1. The highest BCUT2D eigenvalue weighted by atomic mass is 32.1. The van der Waals surface area contributed by atoms with E-state index in [2.05, 4.69) is 40.8 Å². The Kier molecular flexibility index (Phi) is 5.61. The summed E-state index contributed by atoms with van der Waals surface area (Å²) in [5.41, 5.74) is 3.68. The lowest BCUT2D eigenvalue weighted by Gasteiger charge is -2.29. The Morgan fingerprint density at radius 2 is 2.00 bits per heavy atom. The second-order valence-electron chi connectivity index (χ2n) is 6.90. The van der Waals surface area contributed by atoms with Crippen LogP contribution in [0, 0.1) is 13.8 Å². The molecule has 1 saturated heterocycles. The molecule has 28 heavy (non-hydrogen) atoms. The molecule has 1 aliphatic rings. The predicted molar refractivity (Wildman–Crippen MR) is 110 cm³/mol. The lowest BCUT2D eigenvalue weighted by atomic mass is 10.1. The predicted octanol–water partition coefficient (Wildman–Crippen LogP) is 2.68. The van der Waals surface area contributed by atoms with Gasteiger partial charge in [0.2, 0.25) is 0 Å². The minimum atomic E-state index is -0.172. The minimum absolute atomic E-state index is 0.172. The van der Waals surface area contributed by atoms with Crippen molar-refractivity contribution >= 4 is 32.6 Å². The standard InChI is InChI=1S/C20H23N5O2S/c1-14-11-16-18(12-15(14)2)28-20(23-16)25(6-5-24-7-9-27-10-8-24)19(26)17-13-21-3-4-22-17/h3-4,11-13H,5-10H2,1-2H3. The van der Waals surface area contributed by atoms with Crippen LogP contribution < -0.4 is 4.90 Å². The Balaban J connectivity index is 1.64. The second-order valence-corrected chi connectivity index (χ2v) is 7.91. The highest BCUT2D eigenvalue weighted by Crippen LogP contribution is 2.31. The summed E-state index contributed by atoms with van der Waals surface area (Å²) in [5.74, 6) is -0.172. The summed E-state index contributed by atoms with van der Waals surface area (Å²) in [4.78, 5) is 30.2. The summed E-state index contributed by atoms with van der Waals surface area (Å²) in [6, 6.07) is 4.22. The monoisotopic (exact) mass is 397 g/mol. The van der Waals surface area contributed by atoms with E-state index in [1.807, 2.05) is 0 Å². The van der Waals surface area contributed by atoms with Crippen molar-refractivity contribution < 1.29 is 9.53 Å². The number of carbonyl (C=O) groups excluding carboxylic acids is 1. The number of carbonyl (C=O) groups is 1. The lowest BCUT2D eigenvalue weighted by molar-refractivity contribution is 0.0391. The number of hydrogen-bond acceptors (Lipinski definition) is 7. The van der Waals surface area contributed by atoms with Gasteiger partial charge in [-0.25, -0.2) is 9.97 Å². The number of benzene rings is 1. The molecule has 8 heteroatoms. The van der Waals surface area contributed by atoms with Crippen LogP contribution in [0.3, 0.4) is 0 Å². The van der Waals surface area contributed by atoms with E-state index in [1.54, 1.807) is 28.6 Å². The van der Waals surface area contributed by atoms with Crippen molar-refractivity contribution in [2.24, 2.45) is 0 Å². The smallest absolute Gasteiger partial charge is 0.280 e.